The monoisotopic (exact) mass is 284 g/mol. The van der Waals surface area contributed by atoms with Crippen LogP contribution in [-0.2, 0) is 6.54 Å². The molecule has 0 unspecified atom stereocenters. The zero-order valence-corrected chi connectivity index (χ0v) is 11.7. The molecule has 0 aliphatic rings. The largest absolute Gasteiger partial charge is 0.272 e. The Morgan fingerprint density at radius 1 is 1.10 bits per heavy atom. The van der Waals surface area contributed by atoms with Crippen LogP contribution >= 0.6 is 11.6 Å². The molecule has 0 radical (unpaired) electrons. The summed E-state index contributed by atoms with van der Waals surface area (Å²) >= 11 is 6.11. The van der Waals surface area contributed by atoms with Crippen LogP contribution < -0.4 is 0 Å². The molecule has 0 aliphatic carbocycles. The van der Waals surface area contributed by atoms with E-state index < -0.39 is 0 Å². The van der Waals surface area contributed by atoms with Gasteiger partial charge in [-0.3, -0.25) is 4.68 Å². The highest BCUT2D eigenvalue weighted by atomic mass is 35.5. The summed E-state index contributed by atoms with van der Waals surface area (Å²) in [5.74, 6) is 0.623. The first-order valence-electron chi connectivity index (χ1n) is 6.39. The van der Waals surface area contributed by atoms with Crippen LogP contribution in [0.3, 0.4) is 0 Å². The molecular formula is C15H13ClN4. The summed E-state index contributed by atoms with van der Waals surface area (Å²) in [5, 5.41) is 4.69. The predicted octanol–water partition coefficient (Wildman–Crippen LogP) is 3.68. The Bertz CT molecular complexity index is 722. The molecule has 0 fully saturated rings. The molecule has 2 heterocycles. The number of rotatable bonds is 3. The average Bonchev–Trinajstić information content (AvgIpc) is 2.96. The van der Waals surface area contributed by atoms with Crippen molar-refractivity contribution in [2.75, 3.05) is 0 Å². The lowest BCUT2D eigenvalue weighted by Gasteiger charge is -2.03. The highest BCUT2D eigenvalue weighted by molar-refractivity contribution is 6.29. The van der Waals surface area contributed by atoms with Gasteiger partial charge in [0.2, 0.25) is 0 Å². The molecule has 20 heavy (non-hydrogen) atoms. The van der Waals surface area contributed by atoms with Crippen LogP contribution in [0.1, 0.15) is 6.92 Å². The van der Waals surface area contributed by atoms with Gasteiger partial charge in [-0.25, -0.2) is 9.97 Å². The molecule has 3 rings (SSSR count). The second-order valence-corrected chi connectivity index (χ2v) is 4.74. The summed E-state index contributed by atoms with van der Waals surface area (Å²) in [7, 11) is 0. The zero-order valence-electron chi connectivity index (χ0n) is 11.0. The highest BCUT2D eigenvalue weighted by Crippen LogP contribution is 2.23. The fourth-order valence-corrected chi connectivity index (χ4v) is 2.13. The lowest BCUT2D eigenvalue weighted by Crippen LogP contribution is -1.93. The second kappa shape index (κ2) is 5.43. The van der Waals surface area contributed by atoms with Gasteiger partial charge in [0.25, 0.3) is 0 Å². The van der Waals surface area contributed by atoms with E-state index >= 15 is 0 Å². The Kier molecular flexibility index (Phi) is 3.48. The lowest BCUT2D eigenvalue weighted by atomic mass is 10.2. The Balaban J connectivity index is 2.07. The summed E-state index contributed by atoms with van der Waals surface area (Å²) in [6.07, 6.45) is 3.74. The van der Waals surface area contributed by atoms with Gasteiger partial charge in [0.05, 0.1) is 11.9 Å². The second-order valence-electron chi connectivity index (χ2n) is 4.35. The molecule has 0 spiro atoms. The summed E-state index contributed by atoms with van der Waals surface area (Å²) in [6, 6.07) is 11.5. The van der Waals surface area contributed by atoms with Crippen LogP contribution in [0, 0.1) is 0 Å². The topological polar surface area (TPSA) is 43.6 Å². The number of hydrogen-bond acceptors (Lipinski definition) is 3. The van der Waals surface area contributed by atoms with Gasteiger partial charge >= 0.3 is 0 Å². The van der Waals surface area contributed by atoms with E-state index in [1.165, 1.54) is 0 Å². The number of hydrogen-bond donors (Lipinski definition) is 0. The molecule has 0 saturated heterocycles. The fourth-order valence-electron chi connectivity index (χ4n) is 1.95. The van der Waals surface area contributed by atoms with Crippen molar-refractivity contribution in [1.82, 2.24) is 19.7 Å². The third-order valence-electron chi connectivity index (χ3n) is 2.98. The lowest BCUT2D eigenvalue weighted by molar-refractivity contribution is 0.660. The van der Waals surface area contributed by atoms with Gasteiger partial charge in [-0.15, -0.1) is 0 Å². The van der Waals surface area contributed by atoms with Crippen LogP contribution in [0.25, 0.3) is 22.6 Å². The fraction of sp³-hybridized carbons (Fsp3) is 0.133. The van der Waals surface area contributed by atoms with Crippen molar-refractivity contribution < 1.29 is 0 Å². The molecule has 0 amide bonds. The smallest absolute Gasteiger partial charge is 0.161 e. The van der Waals surface area contributed by atoms with Gasteiger partial charge in [0.1, 0.15) is 5.15 Å². The van der Waals surface area contributed by atoms with E-state index in [2.05, 4.69) is 15.1 Å². The number of nitrogens with zero attached hydrogens (tertiary/aromatic N) is 4. The number of benzene rings is 1. The first-order valence-corrected chi connectivity index (χ1v) is 6.77. The Hall–Kier alpha value is -2.20. The molecular weight excluding hydrogens is 272 g/mol. The maximum atomic E-state index is 6.11. The third kappa shape index (κ3) is 2.56. The Labute approximate surface area is 122 Å². The van der Waals surface area contributed by atoms with Crippen LogP contribution in [0.4, 0.5) is 0 Å². The Morgan fingerprint density at radius 3 is 2.60 bits per heavy atom. The summed E-state index contributed by atoms with van der Waals surface area (Å²) in [4.78, 5) is 8.86. The normalized spacial score (nSPS) is 10.7. The summed E-state index contributed by atoms with van der Waals surface area (Å²) in [6.45, 7) is 2.86. The van der Waals surface area contributed by atoms with Crippen molar-refractivity contribution in [2.24, 2.45) is 0 Å². The van der Waals surface area contributed by atoms with Crippen molar-refractivity contribution in [3.63, 3.8) is 0 Å². The molecule has 0 bridgehead atoms. The van der Waals surface area contributed by atoms with E-state index in [1.807, 2.05) is 48.1 Å². The average molecular weight is 285 g/mol. The van der Waals surface area contributed by atoms with E-state index in [0.717, 1.165) is 23.4 Å². The minimum atomic E-state index is 0.429. The number of aromatic nitrogens is 4. The van der Waals surface area contributed by atoms with Crippen LogP contribution in [0.2, 0.25) is 5.15 Å². The molecule has 5 heteroatoms. The molecule has 2 aromatic heterocycles. The first-order chi connectivity index (χ1) is 9.76. The Morgan fingerprint density at radius 2 is 1.90 bits per heavy atom. The van der Waals surface area contributed by atoms with Gasteiger partial charge in [0, 0.05) is 29.9 Å². The molecule has 0 atom stereocenters. The van der Waals surface area contributed by atoms with Crippen molar-refractivity contribution in [1.29, 1.82) is 0 Å². The minimum absolute atomic E-state index is 0.429. The molecule has 1 aromatic carbocycles. The standard InChI is InChI=1S/C15H13ClN4/c1-2-20-10-12(9-17-20)13-8-14(16)19-15(18-13)11-6-4-3-5-7-11/h3-10H,2H2,1H3. The molecule has 0 aliphatic heterocycles. The maximum Gasteiger partial charge on any atom is 0.161 e. The van der Waals surface area contributed by atoms with Crippen molar-refractivity contribution >= 4 is 11.6 Å². The minimum Gasteiger partial charge on any atom is -0.272 e. The van der Waals surface area contributed by atoms with Gasteiger partial charge in [-0.2, -0.15) is 5.10 Å². The van der Waals surface area contributed by atoms with E-state index in [4.69, 9.17) is 11.6 Å². The third-order valence-corrected chi connectivity index (χ3v) is 3.17. The zero-order chi connectivity index (χ0) is 13.9. The van der Waals surface area contributed by atoms with Gasteiger partial charge in [-0.05, 0) is 6.92 Å². The van der Waals surface area contributed by atoms with E-state index in [0.29, 0.717) is 11.0 Å². The van der Waals surface area contributed by atoms with E-state index in [1.54, 1.807) is 12.3 Å². The van der Waals surface area contributed by atoms with Crippen LogP contribution in [0.5, 0.6) is 0 Å². The van der Waals surface area contributed by atoms with Crippen molar-refractivity contribution in [3.8, 4) is 22.6 Å². The molecule has 3 aromatic rings. The van der Waals surface area contributed by atoms with Crippen LogP contribution in [0.15, 0.2) is 48.8 Å². The molecule has 0 N–H and O–H groups in total. The summed E-state index contributed by atoms with van der Waals surface area (Å²) < 4.78 is 1.85. The summed E-state index contributed by atoms with van der Waals surface area (Å²) in [5.41, 5.74) is 2.66. The van der Waals surface area contributed by atoms with Gasteiger partial charge in [-0.1, -0.05) is 41.9 Å². The quantitative estimate of drug-likeness (QED) is 0.689. The highest BCUT2D eigenvalue weighted by Gasteiger charge is 2.09. The molecule has 4 nitrogen and oxygen atoms in total. The molecule has 0 saturated carbocycles. The van der Waals surface area contributed by atoms with Crippen molar-refractivity contribution in [2.45, 2.75) is 13.5 Å². The van der Waals surface area contributed by atoms with Gasteiger partial charge in [0.15, 0.2) is 5.82 Å². The van der Waals surface area contributed by atoms with Gasteiger partial charge < -0.3 is 0 Å². The predicted molar refractivity (Wildman–Crippen MR) is 79.4 cm³/mol. The molecule has 100 valence electrons. The maximum absolute atomic E-state index is 6.11. The van der Waals surface area contributed by atoms with Crippen LogP contribution in [-0.4, -0.2) is 19.7 Å². The number of halogens is 1. The van der Waals surface area contributed by atoms with E-state index in [9.17, 15) is 0 Å². The van der Waals surface area contributed by atoms with E-state index in [-0.39, 0.29) is 0 Å². The van der Waals surface area contributed by atoms with Crippen molar-refractivity contribution in [3.05, 3.63) is 53.9 Å². The first kappa shape index (κ1) is 12.8. The number of aryl methyl sites for hydroxylation is 1. The SMILES string of the molecule is CCn1cc(-c2cc(Cl)nc(-c3ccccc3)n2)cn1.